The molecule has 1 aromatic rings. The third-order valence-electron chi connectivity index (χ3n) is 3.12. The van der Waals surface area contributed by atoms with Gasteiger partial charge in [-0.05, 0) is 34.8 Å². The van der Waals surface area contributed by atoms with Crippen molar-refractivity contribution in [2.75, 3.05) is 17.3 Å². The van der Waals surface area contributed by atoms with E-state index in [1.165, 1.54) is 6.20 Å². The Morgan fingerprint density at radius 3 is 2.40 bits per heavy atom. The Morgan fingerprint density at radius 2 is 1.95 bits per heavy atom. The molecular weight excluding hydrogens is 357 g/mol. The van der Waals surface area contributed by atoms with Gasteiger partial charge in [-0.15, -0.1) is 11.6 Å². The number of pyridine rings is 1. The van der Waals surface area contributed by atoms with Crippen molar-refractivity contribution in [3.05, 3.63) is 22.3 Å². The van der Waals surface area contributed by atoms with E-state index in [4.69, 9.17) is 11.6 Å². The lowest BCUT2D eigenvalue weighted by molar-refractivity contribution is -0.137. The Balaban J connectivity index is 3.32. The fraction of sp³-hybridized carbons (Fsp3) is 0.615. The lowest BCUT2D eigenvalue weighted by Gasteiger charge is -2.32. The monoisotopic (exact) mass is 372 g/mol. The zero-order chi connectivity index (χ0) is 15.3. The summed E-state index contributed by atoms with van der Waals surface area (Å²) in [7, 11) is 0. The Morgan fingerprint density at radius 1 is 1.35 bits per heavy atom. The van der Waals surface area contributed by atoms with Crippen molar-refractivity contribution >= 4 is 33.3 Å². The van der Waals surface area contributed by atoms with Crippen molar-refractivity contribution < 1.29 is 13.2 Å². The van der Waals surface area contributed by atoms with Crippen LogP contribution in [0.1, 0.15) is 32.3 Å². The molecule has 0 aliphatic carbocycles. The molecule has 0 saturated heterocycles. The molecule has 0 saturated carbocycles. The predicted molar refractivity (Wildman–Crippen MR) is 79.4 cm³/mol. The number of aromatic nitrogens is 1. The summed E-state index contributed by atoms with van der Waals surface area (Å²) in [6.07, 6.45) is -1.58. The van der Waals surface area contributed by atoms with Gasteiger partial charge in [0, 0.05) is 29.1 Å². The van der Waals surface area contributed by atoms with Gasteiger partial charge in [0.25, 0.3) is 0 Å². The van der Waals surface area contributed by atoms with Gasteiger partial charge in [-0.25, -0.2) is 4.98 Å². The zero-order valence-corrected chi connectivity index (χ0v) is 13.7. The highest BCUT2D eigenvalue weighted by atomic mass is 79.9. The van der Waals surface area contributed by atoms with Crippen LogP contribution < -0.4 is 4.90 Å². The van der Waals surface area contributed by atoms with Crippen molar-refractivity contribution in [2.45, 2.75) is 38.9 Å². The topological polar surface area (TPSA) is 16.1 Å². The molecule has 2 nitrogen and oxygen atoms in total. The van der Waals surface area contributed by atoms with Crippen molar-refractivity contribution in [1.82, 2.24) is 4.98 Å². The predicted octanol–water partition coefficient (Wildman–Crippen LogP) is 5.10. The Labute approximate surface area is 130 Å². The lowest BCUT2D eigenvalue weighted by Crippen LogP contribution is -2.38. The average molecular weight is 374 g/mol. The number of nitrogens with zero attached hydrogens (tertiary/aromatic N) is 2. The van der Waals surface area contributed by atoms with Crippen LogP contribution in [0.15, 0.2) is 16.7 Å². The molecule has 0 aliphatic rings. The molecule has 20 heavy (non-hydrogen) atoms. The highest BCUT2D eigenvalue weighted by Crippen LogP contribution is 2.37. The van der Waals surface area contributed by atoms with Crippen LogP contribution in [0.3, 0.4) is 0 Å². The molecule has 1 heterocycles. The second kappa shape index (κ2) is 7.50. The minimum atomic E-state index is -4.44. The van der Waals surface area contributed by atoms with E-state index in [0.29, 0.717) is 11.0 Å². The molecule has 0 unspecified atom stereocenters. The number of alkyl halides is 4. The largest absolute Gasteiger partial charge is 0.419 e. The van der Waals surface area contributed by atoms with Crippen LogP contribution in [0.4, 0.5) is 19.0 Å². The highest BCUT2D eigenvalue weighted by Gasteiger charge is 2.37. The standard InChI is InChI=1S/C13H17BrClF3N2/c1-3-10(4-2)20(6-5-15)12-11(13(16,17)18)7-9(14)8-19-12/h7-8,10H,3-6H2,1-2H3. The van der Waals surface area contributed by atoms with Crippen LogP contribution in [0.25, 0.3) is 0 Å². The maximum absolute atomic E-state index is 13.2. The van der Waals surface area contributed by atoms with Gasteiger partial charge in [-0.2, -0.15) is 13.2 Å². The molecule has 0 aliphatic heterocycles. The summed E-state index contributed by atoms with van der Waals surface area (Å²) in [5.41, 5.74) is -0.733. The van der Waals surface area contributed by atoms with Crippen LogP contribution in [0.2, 0.25) is 0 Å². The summed E-state index contributed by atoms with van der Waals surface area (Å²) in [6.45, 7) is 4.23. The molecular formula is C13H17BrClF3N2. The van der Waals surface area contributed by atoms with Gasteiger partial charge in [0.1, 0.15) is 5.82 Å². The van der Waals surface area contributed by atoms with Crippen LogP contribution in [0.5, 0.6) is 0 Å². The first-order valence-electron chi connectivity index (χ1n) is 6.40. The second-order valence-corrected chi connectivity index (χ2v) is 5.67. The highest BCUT2D eigenvalue weighted by molar-refractivity contribution is 9.10. The molecule has 0 N–H and O–H groups in total. The maximum atomic E-state index is 13.2. The first-order valence-corrected chi connectivity index (χ1v) is 7.73. The van der Waals surface area contributed by atoms with Crippen molar-refractivity contribution in [3.63, 3.8) is 0 Å². The van der Waals surface area contributed by atoms with Crippen molar-refractivity contribution in [3.8, 4) is 0 Å². The van der Waals surface area contributed by atoms with E-state index in [9.17, 15) is 13.2 Å². The van der Waals surface area contributed by atoms with E-state index in [-0.39, 0.29) is 17.7 Å². The van der Waals surface area contributed by atoms with E-state index in [0.717, 1.165) is 18.9 Å². The first kappa shape index (κ1) is 17.6. The van der Waals surface area contributed by atoms with E-state index >= 15 is 0 Å². The van der Waals surface area contributed by atoms with Crippen molar-refractivity contribution in [2.24, 2.45) is 0 Å². The van der Waals surface area contributed by atoms with E-state index < -0.39 is 11.7 Å². The van der Waals surface area contributed by atoms with Gasteiger partial charge in [-0.1, -0.05) is 13.8 Å². The fourth-order valence-corrected chi connectivity index (χ4v) is 2.66. The number of anilines is 1. The van der Waals surface area contributed by atoms with Crippen LogP contribution in [-0.2, 0) is 6.18 Å². The summed E-state index contributed by atoms with van der Waals surface area (Å²) in [5, 5.41) is 0. The summed E-state index contributed by atoms with van der Waals surface area (Å²) in [4.78, 5) is 5.64. The molecule has 7 heteroatoms. The van der Waals surface area contributed by atoms with Gasteiger partial charge in [0.15, 0.2) is 0 Å². The number of hydrogen-bond acceptors (Lipinski definition) is 2. The molecule has 0 radical (unpaired) electrons. The molecule has 0 atom stereocenters. The molecule has 0 spiro atoms. The minimum absolute atomic E-state index is 0.0106. The molecule has 0 bridgehead atoms. The van der Waals surface area contributed by atoms with Gasteiger partial charge >= 0.3 is 6.18 Å². The first-order chi connectivity index (χ1) is 9.35. The molecule has 0 fully saturated rings. The number of hydrogen-bond donors (Lipinski definition) is 0. The average Bonchev–Trinajstić information content (AvgIpc) is 2.38. The summed E-state index contributed by atoms with van der Waals surface area (Å²) >= 11 is 8.78. The molecule has 1 aromatic heterocycles. The van der Waals surface area contributed by atoms with Crippen molar-refractivity contribution in [1.29, 1.82) is 0 Å². The molecule has 0 aromatic carbocycles. The van der Waals surface area contributed by atoms with Gasteiger partial charge in [-0.3, -0.25) is 0 Å². The van der Waals surface area contributed by atoms with Gasteiger partial charge in [0.05, 0.1) is 5.56 Å². The lowest BCUT2D eigenvalue weighted by atomic mass is 10.1. The van der Waals surface area contributed by atoms with Crippen LogP contribution in [0, 0.1) is 0 Å². The summed E-state index contributed by atoms with van der Waals surface area (Å²) in [6, 6.07) is 1.05. The van der Waals surface area contributed by atoms with Crippen LogP contribution in [-0.4, -0.2) is 23.5 Å². The number of halogens is 5. The van der Waals surface area contributed by atoms with E-state index in [1.54, 1.807) is 4.90 Å². The normalized spacial score (nSPS) is 12.0. The third-order valence-corrected chi connectivity index (χ3v) is 3.72. The molecule has 1 rings (SSSR count). The molecule has 114 valence electrons. The minimum Gasteiger partial charge on any atom is -0.352 e. The van der Waals surface area contributed by atoms with Crippen LogP contribution >= 0.6 is 27.5 Å². The zero-order valence-electron chi connectivity index (χ0n) is 11.3. The summed E-state index contributed by atoms with van der Waals surface area (Å²) < 4.78 is 39.8. The summed E-state index contributed by atoms with van der Waals surface area (Å²) in [5.74, 6) is 0.209. The SMILES string of the molecule is CCC(CC)N(CCCl)c1ncc(Br)cc1C(F)(F)F. The molecule has 0 amide bonds. The Bertz CT molecular complexity index is 436. The fourth-order valence-electron chi connectivity index (χ4n) is 2.15. The van der Waals surface area contributed by atoms with E-state index in [1.807, 2.05) is 13.8 Å². The number of rotatable bonds is 6. The Kier molecular flexibility index (Phi) is 6.58. The second-order valence-electron chi connectivity index (χ2n) is 4.38. The van der Waals surface area contributed by atoms with E-state index in [2.05, 4.69) is 20.9 Å². The maximum Gasteiger partial charge on any atom is 0.419 e. The quantitative estimate of drug-likeness (QED) is 0.645. The third kappa shape index (κ3) is 4.25. The smallest absolute Gasteiger partial charge is 0.352 e. The van der Waals surface area contributed by atoms with Gasteiger partial charge in [0.2, 0.25) is 0 Å². The van der Waals surface area contributed by atoms with Gasteiger partial charge < -0.3 is 4.90 Å². The Hall–Kier alpha value is -0.490.